The highest BCUT2D eigenvalue weighted by molar-refractivity contribution is 5.82. The first-order valence-corrected chi connectivity index (χ1v) is 8.61. The molecule has 1 fully saturated rings. The number of hydrogen-bond acceptors (Lipinski definition) is 2. The Morgan fingerprint density at radius 1 is 1.14 bits per heavy atom. The molecular weight excluding hydrogens is 274 g/mol. The zero-order chi connectivity index (χ0) is 15.1. The van der Waals surface area contributed by atoms with Crippen molar-refractivity contribution >= 4 is 11.0 Å². The van der Waals surface area contributed by atoms with E-state index in [1.807, 2.05) is 0 Å². The van der Waals surface area contributed by atoms with Crippen LogP contribution in [0.1, 0.15) is 42.9 Å². The predicted octanol–water partition coefficient (Wildman–Crippen LogP) is 2.10. The molecule has 1 aliphatic carbocycles. The number of nitrogens with one attached hydrogen (secondary N) is 1. The van der Waals surface area contributed by atoms with Gasteiger partial charge in [-0.1, -0.05) is 6.92 Å². The molecule has 1 aromatic carbocycles. The number of benzene rings is 1. The van der Waals surface area contributed by atoms with E-state index >= 15 is 0 Å². The van der Waals surface area contributed by atoms with E-state index in [1.54, 1.807) is 11.0 Å². The summed E-state index contributed by atoms with van der Waals surface area (Å²) in [5.74, 6) is 0.851. The van der Waals surface area contributed by atoms with Crippen LogP contribution in [0, 0.1) is 5.92 Å². The van der Waals surface area contributed by atoms with Gasteiger partial charge in [-0.3, -0.25) is 0 Å². The molecule has 3 nitrogen and oxygen atoms in total. The van der Waals surface area contributed by atoms with Gasteiger partial charge in [0.05, 0.1) is 13.1 Å². The van der Waals surface area contributed by atoms with Crippen LogP contribution in [0.25, 0.3) is 11.0 Å². The summed E-state index contributed by atoms with van der Waals surface area (Å²) in [5, 5.41) is 1.16. The van der Waals surface area contributed by atoms with Crippen LogP contribution in [-0.2, 0) is 19.4 Å². The molecule has 1 aliphatic heterocycles. The standard InChI is InChI=1S/C19H23NO2/c1-13-5-7-20(8-6-13)12-16-11-19(21)22-18-10-15-4-2-3-14(15)9-17(16)18/h9-11,13H,2-8,12H2,1H3/p+1. The molecule has 0 atom stereocenters. The van der Waals surface area contributed by atoms with E-state index in [2.05, 4.69) is 19.1 Å². The average Bonchev–Trinajstić information content (AvgIpc) is 2.95. The summed E-state index contributed by atoms with van der Waals surface area (Å²) < 4.78 is 5.47. The van der Waals surface area contributed by atoms with E-state index in [0.29, 0.717) is 0 Å². The summed E-state index contributed by atoms with van der Waals surface area (Å²) in [6, 6.07) is 6.10. The Bertz CT molecular complexity index is 754. The Kier molecular flexibility index (Phi) is 3.53. The molecule has 0 saturated carbocycles. The number of rotatable bonds is 2. The minimum Gasteiger partial charge on any atom is -0.423 e. The fourth-order valence-corrected chi connectivity index (χ4v) is 4.06. The predicted molar refractivity (Wildman–Crippen MR) is 87.3 cm³/mol. The van der Waals surface area contributed by atoms with E-state index in [-0.39, 0.29) is 5.63 Å². The molecule has 1 aromatic heterocycles. The lowest BCUT2D eigenvalue weighted by Gasteiger charge is -2.27. The summed E-state index contributed by atoms with van der Waals surface area (Å²) in [4.78, 5) is 13.5. The zero-order valence-electron chi connectivity index (χ0n) is 13.3. The molecule has 22 heavy (non-hydrogen) atoms. The Hall–Kier alpha value is -1.61. The first kappa shape index (κ1) is 14.0. The van der Waals surface area contributed by atoms with Crippen LogP contribution in [0.15, 0.2) is 27.4 Å². The minimum atomic E-state index is -0.203. The molecule has 3 heteroatoms. The third-order valence-electron chi connectivity index (χ3n) is 5.46. The second-order valence-corrected chi connectivity index (χ2v) is 7.17. The van der Waals surface area contributed by atoms with Crippen molar-refractivity contribution in [3.63, 3.8) is 0 Å². The van der Waals surface area contributed by atoms with Crippen molar-refractivity contribution in [3.8, 4) is 0 Å². The maximum absolute atomic E-state index is 11.9. The van der Waals surface area contributed by atoms with Gasteiger partial charge >= 0.3 is 5.63 Å². The zero-order valence-corrected chi connectivity index (χ0v) is 13.3. The molecule has 1 N–H and O–H groups in total. The second-order valence-electron chi connectivity index (χ2n) is 7.17. The fraction of sp³-hybridized carbons (Fsp3) is 0.526. The quantitative estimate of drug-likeness (QED) is 0.862. The van der Waals surface area contributed by atoms with Crippen LogP contribution in [0.3, 0.4) is 0 Å². The third kappa shape index (κ3) is 2.58. The van der Waals surface area contributed by atoms with Crippen LogP contribution in [-0.4, -0.2) is 13.1 Å². The van der Waals surface area contributed by atoms with Gasteiger partial charge in [-0.25, -0.2) is 4.79 Å². The summed E-state index contributed by atoms with van der Waals surface area (Å²) >= 11 is 0. The number of likely N-dealkylation sites (tertiary alicyclic amines) is 1. The van der Waals surface area contributed by atoms with Crippen molar-refractivity contribution in [1.29, 1.82) is 0 Å². The number of aryl methyl sites for hydroxylation is 2. The smallest absolute Gasteiger partial charge is 0.336 e. The number of hydrogen-bond donors (Lipinski definition) is 1. The minimum absolute atomic E-state index is 0.203. The Labute approximate surface area is 130 Å². The van der Waals surface area contributed by atoms with Crippen molar-refractivity contribution in [2.24, 2.45) is 5.92 Å². The summed E-state index contributed by atoms with van der Waals surface area (Å²) in [5.41, 5.74) is 4.57. The topological polar surface area (TPSA) is 34.7 Å². The SMILES string of the molecule is CC1CC[NH+](Cc2cc(=O)oc3cc4c(cc23)CCC4)CC1. The van der Waals surface area contributed by atoms with E-state index in [0.717, 1.165) is 36.3 Å². The maximum atomic E-state index is 11.9. The number of fused-ring (bicyclic) bond motifs is 2. The normalized spacial score (nSPS) is 24.6. The van der Waals surface area contributed by atoms with Gasteiger partial charge < -0.3 is 9.32 Å². The molecule has 2 aliphatic rings. The largest absolute Gasteiger partial charge is 0.423 e. The molecule has 1 saturated heterocycles. The van der Waals surface area contributed by atoms with Crippen molar-refractivity contribution in [3.05, 3.63) is 45.3 Å². The first-order valence-electron chi connectivity index (χ1n) is 8.61. The van der Waals surface area contributed by atoms with Gasteiger partial charge in [0, 0.05) is 17.0 Å². The van der Waals surface area contributed by atoms with Crippen molar-refractivity contribution in [2.45, 2.75) is 45.6 Å². The lowest BCUT2D eigenvalue weighted by molar-refractivity contribution is -0.919. The van der Waals surface area contributed by atoms with Crippen LogP contribution in [0.2, 0.25) is 0 Å². The molecule has 116 valence electrons. The van der Waals surface area contributed by atoms with Crippen molar-refractivity contribution < 1.29 is 9.32 Å². The van der Waals surface area contributed by atoms with Gasteiger partial charge in [0.15, 0.2) is 0 Å². The van der Waals surface area contributed by atoms with E-state index in [4.69, 9.17) is 4.42 Å². The maximum Gasteiger partial charge on any atom is 0.336 e. The van der Waals surface area contributed by atoms with Crippen LogP contribution >= 0.6 is 0 Å². The van der Waals surface area contributed by atoms with Gasteiger partial charge in [-0.15, -0.1) is 0 Å². The molecule has 2 heterocycles. The number of quaternary nitrogens is 1. The Morgan fingerprint density at radius 2 is 1.86 bits per heavy atom. The van der Waals surface area contributed by atoms with Crippen molar-refractivity contribution in [1.82, 2.24) is 0 Å². The van der Waals surface area contributed by atoms with Gasteiger partial charge in [-0.05, 0) is 61.3 Å². The van der Waals surface area contributed by atoms with E-state index in [1.165, 1.54) is 49.0 Å². The lowest BCUT2D eigenvalue weighted by Crippen LogP contribution is -3.11. The third-order valence-corrected chi connectivity index (χ3v) is 5.46. The fourth-order valence-electron chi connectivity index (χ4n) is 4.06. The average molecular weight is 298 g/mol. The highest BCUT2D eigenvalue weighted by Gasteiger charge is 2.21. The Balaban J connectivity index is 1.71. The summed E-state index contributed by atoms with van der Waals surface area (Å²) in [6.45, 7) is 5.72. The first-order chi connectivity index (χ1) is 10.7. The van der Waals surface area contributed by atoms with Crippen LogP contribution < -0.4 is 10.5 Å². The van der Waals surface area contributed by atoms with Crippen molar-refractivity contribution in [2.75, 3.05) is 13.1 Å². The summed E-state index contributed by atoms with van der Waals surface area (Å²) in [7, 11) is 0. The molecule has 2 aromatic rings. The molecule has 0 radical (unpaired) electrons. The van der Waals surface area contributed by atoms with Gasteiger partial charge in [0.1, 0.15) is 12.1 Å². The molecule has 0 unspecified atom stereocenters. The molecule has 4 rings (SSSR count). The van der Waals surface area contributed by atoms with E-state index in [9.17, 15) is 4.79 Å². The number of piperidine rings is 1. The molecule has 0 bridgehead atoms. The highest BCUT2D eigenvalue weighted by Crippen LogP contribution is 2.28. The lowest BCUT2D eigenvalue weighted by atomic mass is 9.98. The summed E-state index contributed by atoms with van der Waals surface area (Å²) in [6.07, 6.45) is 6.10. The monoisotopic (exact) mass is 298 g/mol. The van der Waals surface area contributed by atoms with Gasteiger partial charge in [0.2, 0.25) is 0 Å². The molecular formula is C19H24NO2+. The van der Waals surface area contributed by atoms with Gasteiger partial charge in [0.25, 0.3) is 0 Å². The van der Waals surface area contributed by atoms with E-state index < -0.39 is 0 Å². The Morgan fingerprint density at radius 3 is 2.64 bits per heavy atom. The van der Waals surface area contributed by atoms with Crippen LogP contribution in [0.4, 0.5) is 0 Å². The highest BCUT2D eigenvalue weighted by atomic mass is 16.4. The van der Waals surface area contributed by atoms with Crippen LogP contribution in [0.5, 0.6) is 0 Å². The molecule has 0 amide bonds. The molecule has 0 spiro atoms. The second kappa shape index (κ2) is 5.54. The van der Waals surface area contributed by atoms with Gasteiger partial charge in [-0.2, -0.15) is 0 Å².